The maximum atomic E-state index is 12.6. The molecule has 0 spiro atoms. The fourth-order valence-electron chi connectivity index (χ4n) is 3.53. The molecule has 1 atom stereocenters. The molecule has 7 heteroatoms. The molecule has 0 aliphatic carbocycles. The van der Waals surface area contributed by atoms with E-state index in [1.807, 2.05) is 32.2 Å². The van der Waals surface area contributed by atoms with Gasteiger partial charge in [0.05, 0.1) is 5.75 Å². The Labute approximate surface area is 179 Å². The van der Waals surface area contributed by atoms with Crippen molar-refractivity contribution in [3.63, 3.8) is 0 Å². The molecule has 6 nitrogen and oxygen atoms in total. The standard InChI is InChI=1S/C23H31N3O3S/c1-19(8-9-20-6-4-3-5-7-20)24-23(27)22-12-10-21(11-13-22)18-30(28,29)26-16-14-25(2)15-17-26/h3-7,10-13,19H,8-9,14-18H2,1-2H3,(H,24,27). The van der Waals surface area contributed by atoms with Crippen molar-refractivity contribution in [2.75, 3.05) is 33.2 Å². The minimum atomic E-state index is -3.34. The topological polar surface area (TPSA) is 69.7 Å². The highest BCUT2D eigenvalue weighted by atomic mass is 32.2. The quantitative estimate of drug-likeness (QED) is 0.700. The van der Waals surface area contributed by atoms with Gasteiger partial charge >= 0.3 is 0 Å². The lowest BCUT2D eigenvalue weighted by atomic mass is 10.1. The molecular formula is C23H31N3O3S. The highest BCUT2D eigenvalue weighted by Crippen LogP contribution is 2.14. The monoisotopic (exact) mass is 429 g/mol. The summed E-state index contributed by atoms with van der Waals surface area (Å²) >= 11 is 0. The minimum absolute atomic E-state index is 0.0356. The molecule has 1 aliphatic heterocycles. The lowest BCUT2D eigenvalue weighted by Crippen LogP contribution is -2.47. The van der Waals surface area contributed by atoms with E-state index in [2.05, 4.69) is 22.3 Å². The van der Waals surface area contributed by atoms with E-state index in [1.165, 1.54) is 5.56 Å². The van der Waals surface area contributed by atoms with Gasteiger partial charge in [-0.15, -0.1) is 0 Å². The predicted molar refractivity (Wildman–Crippen MR) is 120 cm³/mol. The number of carbonyl (C=O) groups excluding carboxylic acids is 1. The summed E-state index contributed by atoms with van der Waals surface area (Å²) in [7, 11) is -1.34. The number of rotatable bonds is 8. The van der Waals surface area contributed by atoms with Crippen LogP contribution in [0.2, 0.25) is 0 Å². The average molecular weight is 430 g/mol. The van der Waals surface area contributed by atoms with E-state index in [0.29, 0.717) is 24.2 Å². The van der Waals surface area contributed by atoms with Crippen LogP contribution in [0.5, 0.6) is 0 Å². The Kier molecular flexibility index (Phi) is 7.64. The van der Waals surface area contributed by atoms with Crippen LogP contribution >= 0.6 is 0 Å². The third-order valence-electron chi connectivity index (χ3n) is 5.51. The third kappa shape index (κ3) is 6.39. The SMILES string of the molecule is CC(CCc1ccccc1)NC(=O)c1ccc(CS(=O)(=O)N2CCN(C)CC2)cc1. The zero-order chi connectivity index (χ0) is 21.6. The molecule has 3 rings (SSSR count). The van der Waals surface area contributed by atoms with Crippen LogP contribution in [0.1, 0.15) is 34.8 Å². The van der Waals surface area contributed by atoms with Crippen LogP contribution in [0.25, 0.3) is 0 Å². The summed E-state index contributed by atoms with van der Waals surface area (Å²) in [6.07, 6.45) is 1.77. The fraction of sp³-hybridized carbons (Fsp3) is 0.435. The fourth-order valence-corrected chi connectivity index (χ4v) is 5.04. The van der Waals surface area contributed by atoms with Gasteiger partial charge in [0, 0.05) is 37.8 Å². The number of aryl methyl sites for hydroxylation is 1. The molecule has 0 aromatic heterocycles. The Bertz CT molecular complexity index is 922. The van der Waals surface area contributed by atoms with Crippen molar-refractivity contribution in [3.05, 3.63) is 71.3 Å². The number of sulfonamides is 1. The Morgan fingerprint density at radius 1 is 0.967 bits per heavy atom. The third-order valence-corrected chi connectivity index (χ3v) is 7.36. The summed E-state index contributed by atoms with van der Waals surface area (Å²) in [4.78, 5) is 14.6. The smallest absolute Gasteiger partial charge is 0.251 e. The van der Waals surface area contributed by atoms with Gasteiger partial charge in [0.2, 0.25) is 10.0 Å². The lowest BCUT2D eigenvalue weighted by molar-refractivity contribution is 0.0938. The maximum Gasteiger partial charge on any atom is 0.251 e. The van der Waals surface area contributed by atoms with E-state index in [1.54, 1.807) is 28.6 Å². The van der Waals surface area contributed by atoms with Crippen LogP contribution in [-0.4, -0.2) is 62.8 Å². The van der Waals surface area contributed by atoms with Crippen LogP contribution in [-0.2, 0) is 22.2 Å². The van der Waals surface area contributed by atoms with Gasteiger partial charge in [-0.05, 0) is 50.1 Å². The number of hydrogen-bond acceptors (Lipinski definition) is 4. The van der Waals surface area contributed by atoms with Gasteiger partial charge in [-0.25, -0.2) is 8.42 Å². The van der Waals surface area contributed by atoms with Gasteiger partial charge in [0.1, 0.15) is 0 Å². The number of nitrogens with one attached hydrogen (secondary N) is 1. The summed E-state index contributed by atoms with van der Waals surface area (Å²) < 4.78 is 26.8. The van der Waals surface area contributed by atoms with Gasteiger partial charge in [-0.3, -0.25) is 4.79 Å². The van der Waals surface area contributed by atoms with Gasteiger partial charge in [-0.2, -0.15) is 4.31 Å². The Morgan fingerprint density at radius 3 is 2.23 bits per heavy atom. The first kappa shape index (κ1) is 22.5. The van der Waals surface area contributed by atoms with Crippen LogP contribution in [0.15, 0.2) is 54.6 Å². The maximum absolute atomic E-state index is 12.6. The number of carbonyl (C=O) groups is 1. The van der Waals surface area contributed by atoms with Crippen molar-refractivity contribution < 1.29 is 13.2 Å². The van der Waals surface area contributed by atoms with E-state index in [-0.39, 0.29) is 17.7 Å². The van der Waals surface area contributed by atoms with Crippen molar-refractivity contribution in [2.24, 2.45) is 0 Å². The number of piperazine rings is 1. The summed E-state index contributed by atoms with van der Waals surface area (Å²) in [5.74, 6) is -0.171. The van der Waals surface area contributed by atoms with Crippen molar-refractivity contribution in [3.8, 4) is 0 Å². The van der Waals surface area contributed by atoms with Crippen molar-refractivity contribution >= 4 is 15.9 Å². The predicted octanol–water partition coefficient (Wildman–Crippen LogP) is 2.51. The van der Waals surface area contributed by atoms with Crippen LogP contribution in [0, 0.1) is 0 Å². The van der Waals surface area contributed by atoms with E-state index in [0.717, 1.165) is 25.9 Å². The molecule has 30 heavy (non-hydrogen) atoms. The molecule has 1 aliphatic rings. The lowest BCUT2D eigenvalue weighted by Gasteiger charge is -2.31. The first-order valence-corrected chi connectivity index (χ1v) is 12.0. The normalized spacial score (nSPS) is 16.9. The molecule has 0 saturated carbocycles. The minimum Gasteiger partial charge on any atom is -0.350 e. The van der Waals surface area contributed by atoms with E-state index in [9.17, 15) is 13.2 Å². The molecular weight excluding hydrogens is 398 g/mol. The Morgan fingerprint density at radius 2 is 1.60 bits per heavy atom. The second-order valence-corrected chi connectivity index (χ2v) is 10.0. The second-order valence-electron chi connectivity index (χ2n) is 8.05. The molecule has 2 aromatic carbocycles. The molecule has 1 heterocycles. The summed E-state index contributed by atoms with van der Waals surface area (Å²) in [5.41, 5.74) is 2.49. The summed E-state index contributed by atoms with van der Waals surface area (Å²) in [6.45, 7) is 4.56. The van der Waals surface area contributed by atoms with Crippen LogP contribution in [0.4, 0.5) is 0 Å². The molecule has 1 N–H and O–H groups in total. The molecule has 1 fully saturated rings. The highest BCUT2D eigenvalue weighted by molar-refractivity contribution is 7.88. The van der Waals surface area contributed by atoms with Crippen LogP contribution in [0.3, 0.4) is 0 Å². The van der Waals surface area contributed by atoms with Gasteiger partial charge in [0.15, 0.2) is 0 Å². The Balaban J connectivity index is 1.51. The largest absolute Gasteiger partial charge is 0.350 e. The average Bonchev–Trinajstić information content (AvgIpc) is 2.73. The number of benzene rings is 2. The first-order chi connectivity index (χ1) is 14.3. The Hall–Kier alpha value is -2.22. The zero-order valence-electron chi connectivity index (χ0n) is 17.8. The van der Waals surface area contributed by atoms with Crippen molar-refractivity contribution in [1.29, 1.82) is 0 Å². The molecule has 1 saturated heterocycles. The molecule has 0 bridgehead atoms. The van der Waals surface area contributed by atoms with Gasteiger partial charge in [0.25, 0.3) is 5.91 Å². The van der Waals surface area contributed by atoms with E-state index >= 15 is 0 Å². The van der Waals surface area contributed by atoms with Crippen molar-refractivity contribution in [2.45, 2.75) is 31.6 Å². The first-order valence-electron chi connectivity index (χ1n) is 10.4. The molecule has 1 amide bonds. The van der Waals surface area contributed by atoms with Crippen molar-refractivity contribution in [1.82, 2.24) is 14.5 Å². The summed E-state index contributed by atoms with van der Waals surface area (Å²) in [5, 5.41) is 3.02. The van der Waals surface area contributed by atoms with E-state index in [4.69, 9.17) is 0 Å². The molecule has 0 radical (unpaired) electrons. The number of amides is 1. The van der Waals surface area contributed by atoms with Gasteiger partial charge in [-0.1, -0.05) is 42.5 Å². The van der Waals surface area contributed by atoms with E-state index < -0.39 is 10.0 Å². The zero-order valence-corrected chi connectivity index (χ0v) is 18.6. The summed E-state index contributed by atoms with van der Waals surface area (Å²) in [6, 6.07) is 17.1. The molecule has 2 aromatic rings. The van der Waals surface area contributed by atoms with Crippen LogP contribution < -0.4 is 5.32 Å². The second kappa shape index (κ2) is 10.2. The van der Waals surface area contributed by atoms with Gasteiger partial charge < -0.3 is 10.2 Å². The molecule has 1 unspecified atom stereocenters. The number of likely N-dealkylation sites (N-methyl/N-ethyl adjacent to an activating group) is 1. The highest BCUT2D eigenvalue weighted by Gasteiger charge is 2.25. The molecule has 162 valence electrons. The number of hydrogen-bond donors (Lipinski definition) is 1. The number of nitrogens with zero attached hydrogens (tertiary/aromatic N) is 2.